The molecule has 3 aromatic rings. The summed E-state index contributed by atoms with van der Waals surface area (Å²) in [5, 5.41) is 0.526. The van der Waals surface area contributed by atoms with Gasteiger partial charge in [-0.1, -0.05) is 67.1 Å². The third-order valence-electron chi connectivity index (χ3n) is 6.11. The number of fused-ring (bicyclic) bond motifs is 1. The number of nitrogens with zero attached hydrogens (tertiary/aromatic N) is 2. The van der Waals surface area contributed by atoms with E-state index in [2.05, 4.69) is 13.8 Å². The number of hydrogen-bond donors (Lipinski definition) is 0. The van der Waals surface area contributed by atoms with E-state index in [0.717, 1.165) is 22.6 Å². The van der Waals surface area contributed by atoms with E-state index in [1.165, 1.54) is 11.3 Å². The zero-order valence-electron chi connectivity index (χ0n) is 18.6. The molecule has 1 aliphatic heterocycles. The molecule has 2 aromatic carbocycles. The Morgan fingerprint density at radius 2 is 1.85 bits per heavy atom. The molecule has 0 amide bonds. The van der Waals surface area contributed by atoms with Gasteiger partial charge in [-0.05, 0) is 47.2 Å². The molecule has 1 aromatic heterocycles. The van der Waals surface area contributed by atoms with E-state index >= 15 is 0 Å². The van der Waals surface area contributed by atoms with E-state index in [9.17, 15) is 9.59 Å². The molecule has 0 saturated carbocycles. The van der Waals surface area contributed by atoms with Gasteiger partial charge in [0.05, 0.1) is 23.4 Å². The number of allylic oxidation sites excluding steroid dienone is 2. The second-order valence-electron chi connectivity index (χ2n) is 9.18. The second kappa shape index (κ2) is 8.12. The third kappa shape index (κ3) is 3.87. The predicted octanol–water partition coefficient (Wildman–Crippen LogP) is 4.27. The lowest BCUT2D eigenvalue weighted by molar-refractivity contribution is -0.118. The van der Waals surface area contributed by atoms with E-state index < -0.39 is 6.04 Å². The lowest BCUT2D eigenvalue weighted by Gasteiger charge is -2.35. The Bertz CT molecular complexity index is 1480. The summed E-state index contributed by atoms with van der Waals surface area (Å²) in [5.41, 5.74) is 2.62. The first-order valence-electron chi connectivity index (χ1n) is 10.7. The topological polar surface area (TPSA) is 60.7 Å². The number of carbonyl (C=O) groups is 1. The van der Waals surface area contributed by atoms with Gasteiger partial charge in [0.15, 0.2) is 10.6 Å². The molecule has 0 fully saturated rings. The van der Waals surface area contributed by atoms with Gasteiger partial charge in [-0.25, -0.2) is 4.99 Å². The molecule has 0 bridgehead atoms. The maximum absolute atomic E-state index is 13.6. The SMILES string of the molecule is COc1ccc(C=c2sc3n(c2=O)C(c2ccccc2Cl)C2=C(CC(C)(C)CC2=O)N=3)cc1. The second-order valence-corrected chi connectivity index (χ2v) is 10.6. The van der Waals surface area contributed by atoms with Crippen LogP contribution >= 0.6 is 22.9 Å². The van der Waals surface area contributed by atoms with E-state index in [4.69, 9.17) is 21.3 Å². The molecule has 0 N–H and O–H groups in total. The standard InChI is InChI=1S/C26H23ClN2O3S/c1-26(2)13-19-22(20(30)14-26)23(17-6-4-5-7-18(17)27)29-24(31)21(33-25(29)28-19)12-15-8-10-16(32-3)11-9-15/h4-12,23H,13-14H2,1-3H3. The normalized spacial score (nSPS) is 19.7. The number of aromatic nitrogens is 1. The first-order chi connectivity index (χ1) is 15.8. The van der Waals surface area contributed by atoms with Gasteiger partial charge >= 0.3 is 0 Å². The van der Waals surface area contributed by atoms with Gasteiger partial charge in [0.1, 0.15) is 5.75 Å². The fourth-order valence-corrected chi connectivity index (χ4v) is 5.85. The highest BCUT2D eigenvalue weighted by molar-refractivity contribution is 7.07. The molecule has 168 valence electrons. The largest absolute Gasteiger partial charge is 0.497 e. The van der Waals surface area contributed by atoms with Crippen LogP contribution in [0.1, 0.15) is 43.9 Å². The molecule has 1 unspecified atom stereocenters. The fourth-order valence-electron chi connectivity index (χ4n) is 4.59. The summed E-state index contributed by atoms with van der Waals surface area (Å²) >= 11 is 7.92. The molecule has 1 atom stereocenters. The van der Waals surface area contributed by atoms with E-state index in [1.54, 1.807) is 17.7 Å². The summed E-state index contributed by atoms with van der Waals surface area (Å²) in [6.07, 6.45) is 2.95. The number of Topliss-reactive ketones (excluding diaryl/α,β-unsaturated/α-hetero) is 1. The first kappa shape index (κ1) is 21.9. The quantitative estimate of drug-likeness (QED) is 0.565. The van der Waals surface area contributed by atoms with Gasteiger partial charge in [0, 0.05) is 17.0 Å². The Morgan fingerprint density at radius 1 is 1.12 bits per heavy atom. The van der Waals surface area contributed by atoms with Gasteiger partial charge in [-0.2, -0.15) is 0 Å². The van der Waals surface area contributed by atoms with Crippen molar-refractivity contribution in [2.75, 3.05) is 7.11 Å². The van der Waals surface area contributed by atoms with Gasteiger partial charge in [-0.15, -0.1) is 0 Å². The number of thiazole rings is 1. The predicted molar refractivity (Wildman–Crippen MR) is 131 cm³/mol. The van der Waals surface area contributed by atoms with Crippen molar-refractivity contribution in [2.24, 2.45) is 10.4 Å². The number of halogens is 1. The smallest absolute Gasteiger partial charge is 0.271 e. The van der Waals surface area contributed by atoms with Gasteiger partial charge in [-0.3, -0.25) is 14.2 Å². The lowest BCUT2D eigenvalue weighted by Crippen LogP contribution is -2.42. The first-order valence-corrected chi connectivity index (χ1v) is 11.9. The van der Waals surface area contributed by atoms with Gasteiger partial charge in [0.2, 0.25) is 0 Å². The molecule has 5 nitrogen and oxygen atoms in total. The minimum Gasteiger partial charge on any atom is -0.497 e. The van der Waals surface area contributed by atoms with E-state index in [0.29, 0.717) is 32.8 Å². The summed E-state index contributed by atoms with van der Waals surface area (Å²) in [4.78, 5) is 32.4. The average molecular weight is 479 g/mol. The average Bonchev–Trinajstić information content (AvgIpc) is 3.07. The summed E-state index contributed by atoms with van der Waals surface area (Å²) in [5.74, 6) is 0.778. The van der Waals surface area contributed by atoms with Crippen LogP contribution in [-0.2, 0) is 4.79 Å². The Kier molecular flexibility index (Phi) is 5.38. The Balaban J connectivity index is 1.75. The molecule has 0 saturated heterocycles. The number of benzene rings is 2. The molecule has 2 aliphatic rings. The van der Waals surface area contributed by atoms with Crippen molar-refractivity contribution in [2.45, 2.75) is 32.7 Å². The van der Waals surface area contributed by atoms with Crippen LogP contribution in [-0.4, -0.2) is 17.5 Å². The van der Waals surface area contributed by atoms with Crippen LogP contribution in [0.25, 0.3) is 6.08 Å². The van der Waals surface area contributed by atoms with E-state index in [-0.39, 0.29) is 16.8 Å². The molecule has 2 heterocycles. The fraction of sp³-hybridized carbons (Fsp3) is 0.269. The maximum Gasteiger partial charge on any atom is 0.271 e. The molecule has 5 rings (SSSR count). The minimum atomic E-state index is -0.577. The zero-order valence-corrected chi connectivity index (χ0v) is 20.2. The molecule has 1 aliphatic carbocycles. The van der Waals surface area contributed by atoms with Crippen LogP contribution in [0.5, 0.6) is 5.75 Å². The van der Waals surface area contributed by atoms with Crippen LogP contribution in [0.2, 0.25) is 5.02 Å². The summed E-state index contributed by atoms with van der Waals surface area (Å²) < 4.78 is 7.42. The van der Waals surface area contributed by atoms with Crippen molar-refractivity contribution in [1.29, 1.82) is 0 Å². The zero-order chi connectivity index (χ0) is 23.3. The summed E-state index contributed by atoms with van der Waals surface area (Å²) in [7, 11) is 1.62. The number of methoxy groups -OCH3 is 1. The molecule has 0 radical (unpaired) electrons. The van der Waals surface area contributed by atoms with Gasteiger partial charge < -0.3 is 4.74 Å². The molecule has 7 heteroatoms. The van der Waals surface area contributed by atoms with Crippen molar-refractivity contribution in [3.63, 3.8) is 0 Å². The maximum atomic E-state index is 13.6. The minimum absolute atomic E-state index is 0.0272. The highest BCUT2D eigenvalue weighted by atomic mass is 35.5. The number of ketones is 1. The molecule has 33 heavy (non-hydrogen) atoms. The molecular formula is C26H23ClN2O3S. The number of hydrogen-bond acceptors (Lipinski definition) is 5. The van der Waals surface area contributed by atoms with Crippen LogP contribution in [0.3, 0.4) is 0 Å². The van der Waals surface area contributed by atoms with Gasteiger partial charge in [0.25, 0.3) is 5.56 Å². The monoisotopic (exact) mass is 478 g/mol. The van der Waals surface area contributed by atoms with Crippen molar-refractivity contribution in [3.8, 4) is 5.75 Å². The number of ether oxygens (including phenoxy) is 1. The highest BCUT2D eigenvalue weighted by Gasteiger charge is 2.41. The number of carbonyl (C=O) groups excluding carboxylic acids is 1. The summed E-state index contributed by atoms with van der Waals surface area (Å²) in [6.45, 7) is 4.15. The Hall–Kier alpha value is -2.96. The number of rotatable bonds is 3. The van der Waals surface area contributed by atoms with Crippen LogP contribution in [0.4, 0.5) is 0 Å². The Labute approximate surface area is 200 Å². The van der Waals surface area contributed by atoms with Crippen LogP contribution < -0.4 is 19.6 Å². The van der Waals surface area contributed by atoms with E-state index in [1.807, 2.05) is 48.5 Å². The molecular weight excluding hydrogens is 456 g/mol. The Morgan fingerprint density at radius 3 is 2.55 bits per heavy atom. The molecule has 0 spiro atoms. The van der Waals surface area contributed by atoms with Crippen molar-refractivity contribution in [3.05, 3.63) is 95.6 Å². The highest BCUT2D eigenvalue weighted by Crippen LogP contribution is 2.44. The van der Waals surface area contributed by atoms with Crippen molar-refractivity contribution >= 4 is 34.8 Å². The van der Waals surface area contributed by atoms with Crippen molar-refractivity contribution < 1.29 is 9.53 Å². The summed E-state index contributed by atoms with van der Waals surface area (Å²) in [6, 6.07) is 14.3. The van der Waals surface area contributed by atoms with Crippen molar-refractivity contribution in [1.82, 2.24) is 4.57 Å². The third-order valence-corrected chi connectivity index (χ3v) is 7.44. The van der Waals surface area contributed by atoms with Crippen LogP contribution in [0, 0.1) is 5.41 Å². The van der Waals surface area contributed by atoms with Crippen LogP contribution in [0.15, 0.2) is 69.6 Å². The lowest BCUT2D eigenvalue weighted by atomic mass is 9.73.